The van der Waals surface area contributed by atoms with E-state index in [1.807, 2.05) is 6.92 Å². The molecule has 1 aromatic rings. The largest absolute Gasteiger partial charge is 0.458 e. The third-order valence-corrected chi connectivity index (χ3v) is 4.91. The van der Waals surface area contributed by atoms with Gasteiger partial charge in [0.05, 0.1) is 10.5 Å². The Kier molecular flexibility index (Phi) is 3.75. The molecule has 6 heteroatoms. The van der Waals surface area contributed by atoms with E-state index >= 15 is 0 Å². The van der Waals surface area contributed by atoms with Crippen molar-refractivity contribution in [2.45, 2.75) is 38.7 Å². The maximum absolute atomic E-state index is 12.3. The monoisotopic (exact) mass is 315 g/mol. The normalized spacial score (nSPS) is 26.4. The highest BCUT2D eigenvalue weighted by molar-refractivity contribution is 5.92. The van der Waals surface area contributed by atoms with Crippen LogP contribution >= 0.6 is 0 Å². The predicted molar refractivity (Wildman–Crippen MR) is 82.0 cm³/mol. The maximum atomic E-state index is 12.3. The Balaban J connectivity index is 1.74. The molecule has 0 amide bonds. The molecule has 6 nitrogen and oxygen atoms in total. The summed E-state index contributed by atoms with van der Waals surface area (Å²) in [5, 5.41) is 10.6. The predicted octanol–water partition coefficient (Wildman–Crippen LogP) is 3.21. The van der Waals surface area contributed by atoms with Gasteiger partial charge in [-0.15, -0.1) is 0 Å². The number of esters is 1. The number of non-ortho nitro benzene ring substituents is 1. The van der Waals surface area contributed by atoms with Crippen molar-refractivity contribution < 1.29 is 19.2 Å². The molecule has 0 radical (unpaired) electrons. The minimum absolute atomic E-state index is 0.0645. The Bertz CT molecular complexity index is 706. The number of nitro groups is 1. The summed E-state index contributed by atoms with van der Waals surface area (Å²) >= 11 is 0. The number of nitro benzene ring substituents is 1. The quantitative estimate of drug-likeness (QED) is 0.485. The molecule has 1 fully saturated rings. The standard InChI is InChI=1S/C17H17NO5/c1-17-9-8-14(19)10-12(17)4-7-15(17)23-16(20)11-2-5-13(6-3-11)18(21)22/h2-3,5-6,10,15H,4,7-9H2,1H3/t15-,17-/m0/s1. The van der Waals surface area contributed by atoms with E-state index in [9.17, 15) is 19.7 Å². The highest BCUT2D eigenvalue weighted by Crippen LogP contribution is 2.50. The highest BCUT2D eigenvalue weighted by Gasteiger charge is 2.47. The number of hydrogen-bond donors (Lipinski definition) is 0. The molecule has 2 aliphatic rings. The minimum atomic E-state index is -0.511. The lowest BCUT2D eigenvalue weighted by Gasteiger charge is -2.34. The average molecular weight is 315 g/mol. The Morgan fingerprint density at radius 2 is 2.00 bits per heavy atom. The van der Waals surface area contributed by atoms with Crippen LogP contribution in [0.3, 0.4) is 0 Å². The number of benzene rings is 1. The number of hydrogen-bond acceptors (Lipinski definition) is 5. The summed E-state index contributed by atoms with van der Waals surface area (Å²) in [6.45, 7) is 2.03. The molecule has 120 valence electrons. The van der Waals surface area contributed by atoms with E-state index in [2.05, 4.69) is 0 Å². The summed E-state index contributed by atoms with van der Waals surface area (Å²) in [5.74, 6) is -0.343. The molecule has 0 saturated heterocycles. The summed E-state index contributed by atoms with van der Waals surface area (Å²) in [6, 6.07) is 5.38. The van der Waals surface area contributed by atoms with Crippen molar-refractivity contribution in [3.05, 3.63) is 51.6 Å². The number of allylic oxidation sites excluding steroid dienone is 1. The molecular formula is C17H17NO5. The van der Waals surface area contributed by atoms with Gasteiger partial charge in [0.1, 0.15) is 6.10 Å². The van der Waals surface area contributed by atoms with E-state index in [1.165, 1.54) is 24.3 Å². The lowest BCUT2D eigenvalue weighted by molar-refractivity contribution is -0.384. The van der Waals surface area contributed by atoms with Gasteiger partial charge >= 0.3 is 5.97 Å². The molecule has 2 aliphatic carbocycles. The lowest BCUT2D eigenvalue weighted by Crippen LogP contribution is -2.35. The van der Waals surface area contributed by atoms with Crippen LogP contribution in [-0.4, -0.2) is 22.8 Å². The molecule has 0 spiro atoms. The number of carbonyl (C=O) groups is 2. The van der Waals surface area contributed by atoms with Crippen molar-refractivity contribution in [3.8, 4) is 0 Å². The summed E-state index contributed by atoms with van der Waals surface area (Å²) in [7, 11) is 0. The van der Waals surface area contributed by atoms with Crippen molar-refractivity contribution in [2.75, 3.05) is 0 Å². The first-order chi connectivity index (χ1) is 10.9. The summed E-state index contributed by atoms with van der Waals surface area (Å²) in [6.07, 6.45) is 4.07. The molecule has 0 aliphatic heterocycles. The van der Waals surface area contributed by atoms with Crippen LogP contribution in [0.25, 0.3) is 0 Å². The van der Waals surface area contributed by atoms with Crippen LogP contribution in [0, 0.1) is 15.5 Å². The minimum Gasteiger partial charge on any atom is -0.458 e. The molecule has 0 aromatic heterocycles. The van der Waals surface area contributed by atoms with Gasteiger partial charge in [-0.25, -0.2) is 4.79 Å². The first kappa shape index (κ1) is 15.4. The summed E-state index contributed by atoms with van der Waals surface area (Å²) in [5.41, 5.74) is 1.02. The average Bonchev–Trinajstić information content (AvgIpc) is 2.84. The third kappa shape index (κ3) is 2.76. The first-order valence-corrected chi connectivity index (χ1v) is 7.59. The van der Waals surface area contributed by atoms with Gasteiger partial charge in [-0.1, -0.05) is 12.5 Å². The van der Waals surface area contributed by atoms with E-state index in [0.717, 1.165) is 12.0 Å². The van der Waals surface area contributed by atoms with Crippen LogP contribution < -0.4 is 0 Å². The molecule has 3 rings (SSSR count). The van der Waals surface area contributed by atoms with Gasteiger partial charge in [-0.05, 0) is 37.5 Å². The summed E-state index contributed by atoms with van der Waals surface area (Å²) < 4.78 is 5.64. The van der Waals surface area contributed by atoms with Gasteiger partial charge in [0.15, 0.2) is 5.78 Å². The number of nitrogens with zero attached hydrogens (tertiary/aromatic N) is 1. The summed E-state index contributed by atoms with van der Waals surface area (Å²) in [4.78, 5) is 34.0. The second-order valence-corrected chi connectivity index (χ2v) is 6.29. The second-order valence-electron chi connectivity index (χ2n) is 6.29. The van der Waals surface area contributed by atoms with Crippen molar-refractivity contribution in [1.29, 1.82) is 0 Å². The molecule has 1 aromatic carbocycles. The Labute approximate surface area is 133 Å². The number of ketones is 1. The second kappa shape index (κ2) is 5.61. The Hall–Kier alpha value is -2.50. The zero-order chi connectivity index (χ0) is 16.6. The van der Waals surface area contributed by atoms with Crippen LogP contribution in [0.15, 0.2) is 35.9 Å². The van der Waals surface area contributed by atoms with Gasteiger partial charge in [-0.2, -0.15) is 0 Å². The number of fused-ring (bicyclic) bond motifs is 1. The van der Waals surface area contributed by atoms with Gasteiger partial charge < -0.3 is 4.74 Å². The van der Waals surface area contributed by atoms with Gasteiger partial charge in [0, 0.05) is 24.0 Å². The van der Waals surface area contributed by atoms with Crippen LogP contribution in [0.2, 0.25) is 0 Å². The molecule has 2 atom stereocenters. The van der Waals surface area contributed by atoms with E-state index in [-0.39, 0.29) is 23.0 Å². The van der Waals surface area contributed by atoms with Crippen LogP contribution in [0.1, 0.15) is 43.0 Å². The topological polar surface area (TPSA) is 86.5 Å². The SMILES string of the molecule is C[C@]12CCC(=O)C=C1CC[C@@H]2OC(=O)c1ccc([N+](=O)[O-])cc1. The van der Waals surface area contributed by atoms with E-state index in [4.69, 9.17) is 4.74 Å². The van der Waals surface area contributed by atoms with Crippen LogP contribution in [-0.2, 0) is 9.53 Å². The number of carbonyl (C=O) groups excluding carboxylic acids is 2. The lowest BCUT2D eigenvalue weighted by atomic mass is 9.74. The fourth-order valence-corrected chi connectivity index (χ4v) is 3.41. The van der Waals surface area contributed by atoms with E-state index in [0.29, 0.717) is 24.8 Å². The van der Waals surface area contributed by atoms with Crippen molar-refractivity contribution in [1.82, 2.24) is 0 Å². The molecule has 1 saturated carbocycles. The van der Waals surface area contributed by atoms with Gasteiger partial charge in [0.2, 0.25) is 0 Å². The van der Waals surface area contributed by atoms with E-state index < -0.39 is 10.9 Å². The number of ether oxygens (including phenoxy) is 1. The van der Waals surface area contributed by atoms with Crippen LogP contribution in [0.4, 0.5) is 5.69 Å². The van der Waals surface area contributed by atoms with Crippen molar-refractivity contribution in [2.24, 2.45) is 5.41 Å². The zero-order valence-electron chi connectivity index (χ0n) is 12.8. The van der Waals surface area contributed by atoms with Gasteiger partial charge in [0.25, 0.3) is 5.69 Å². The molecule has 23 heavy (non-hydrogen) atoms. The van der Waals surface area contributed by atoms with Crippen LogP contribution in [0.5, 0.6) is 0 Å². The fourth-order valence-electron chi connectivity index (χ4n) is 3.41. The molecule has 0 N–H and O–H groups in total. The van der Waals surface area contributed by atoms with E-state index in [1.54, 1.807) is 6.08 Å². The third-order valence-electron chi connectivity index (χ3n) is 4.91. The Morgan fingerprint density at radius 3 is 2.65 bits per heavy atom. The van der Waals surface area contributed by atoms with Crippen molar-refractivity contribution in [3.63, 3.8) is 0 Å². The first-order valence-electron chi connectivity index (χ1n) is 7.59. The Morgan fingerprint density at radius 1 is 1.30 bits per heavy atom. The van der Waals surface area contributed by atoms with Crippen molar-refractivity contribution >= 4 is 17.4 Å². The maximum Gasteiger partial charge on any atom is 0.338 e. The molecule has 0 heterocycles. The van der Waals surface area contributed by atoms with Gasteiger partial charge in [-0.3, -0.25) is 14.9 Å². The highest BCUT2D eigenvalue weighted by atomic mass is 16.6. The fraction of sp³-hybridized carbons (Fsp3) is 0.412. The molecular weight excluding hydrogens is 298 g/mol. The number of rotatable bonds is 3. The smallest absolute Gasteiger partial charge is 0.338 e. The molecule has 0 bridgehead atoms. The zero-order valence-corrected chi connectivity index (χ0v) is 12.8. The molecule has 0 unspecified atom stereocenters.